The molecule has 0 amide bonds. The smallest absolute Gasteiger partial charge is 0.377 e. The number of allylic oxidation sites excluding steroid dienone is 3. The van der Waals surface area contributed by atoms with Crippen molar-refractivity contribution in [3.8, 4) is 0 Å². The zero-order valence-electron chi connectivity index (χ0n) is 13.4. The molecular formula is C15H30O4Si. The van der Waals surface area contributed by atoms with Gasteiger partial charge in [0.15, 0.2) is 0 Å². The molecule has 0 saturated carbocycles. The molecule has 0 aromatic rings. The first kappa shape index (κ1) is 19.5. The predicted octanol–water partition coefficient (Wildman–Crippen LogP) is 3.57. The normalized spacial score (nSPS) is 12.8. The first-order chi connectivity index (χ1) is 9.74. The van der Waals surface area contributed by atoms with E-state index in [4.69, 9.17) is 18.0 Å². The Morgan fingerprint density at radius 3 is 2.00 bits per heavy atom. The second-order valence-electron chi connectivity index (χ2n) is 4.11. The summed E-state index contributed by atoms with van der Waals surface area (Å²) in [5.74, 6) is 0. The third-order valence-electron chi connectivity index (χ3n) is 2.52. The van der Waals surface area contributed by atoms with Crippen LogP contribution < -0.4 is 0 Å². The highest BCUT2D eigenvalue weighted by Gasteiger charge is 2.39. The summed E-state index contributed by atoms with van der Waals surface area (Å²) in [6.07, 6.45) is 8.85. The van der Waals surface area contributed by atoms with E-state index in [1.807, 2.05) is 52.0 Å². The fourth-order valence-corrected chi connectivity index (χ4v) is 4.37. The number of hydrogen-bond acceptors (Lipinski definition) is 4. The second-order valence-corrected chi connectivity index (χ2v) is 6.85. The van der Waals surface area contributed by atoms with Crippen LogP contribution in [0.4, 0.5) is 0 Å². The van der Waals surface area contributed by atoms with Gasteiger partial charge in [0.2, 0.25) is 0 Å². The van der Waals surface area contributed by atoms with Gasteiger partial charge in [0.1, 0.15) is 0 Å². The van der Waals surface area contributed by atoms with Crippen molar-refractivity contribution in [2.75, 3.05) is 33.0 Å². The quantitative estimate of drug-likeness (QED) is 0.296. The fourth-order valence-electron chi connectivity index (χ4n) is 1.79. The maximum Gasteiger partial charge on any atom is 0.501 e. The van der Waals surface area contributed by atoms with Crippen LogP contribution in [0.2, 0.25) is 6.04 Å². The molecule has 4 nitrogen and oxygen atoms in total. The fraction of sp³-hybridized carbons (Fsp3) is 0.733. The molecular weight excluding hydrogens is 272 g/mol. The van der Waals surface area contributed by atoms with Crippen molar-refractivity contribution in [2.24, 2.45) is 0 Å². The van der Waals surface area contributed by atoms with Crippen molar-refractivity contribution < 1.29 is 18.0 Å². The van der Waals surface area contributed by atoms with Gasteiger partial charge in [-0.3, -0.25) is 0 Å². The van der Waals surface area contributed by atoms with E-state index < -0.39 is 8.80 Å². The molecule has 0 spiro atoms. The standard InChI is InChI=1S/C15H30O4Si/c1-5-9-10-11-13-16-14-12-15-20(17-6-2,18-7-3)19-8-4/h5,9-11H,6-8,12-15H2,1-4H3. The maximum absolute atomic E-state index is 5.79. The van der Waals surface area contributed by atoms with E-state index in [2.05, 4.69) is 0 Å². The summed E-state index contributed by atoms with van der Waals surface area (Å²) in [4.78, 5) is 0. The molecule has 0 aliphatic carbocycles. The lowest BCUT2D eigenvalue weighted by Gasteiger charge is -2.28. The molecule has 0 atom stereocenters. The zero-order chi connectivity index (χ0) is 15.1. The first-order valence-corrected chi connectivity index (χ1v) is 9.45. The third-order valence-corrected chi connectivity index (χ3v) is 5.67. The van der Waals surface area contributed by atoms with Crippen molar-refractivity contribution in [3.63, 3.8) is 0 Å². The van der Waals surface area contributed by atoms with Crippen LogP contribution in [0, 0.1) is 0 Å². The summed E-state index contributed by atoms with van der Waals surface area (Å²) < 4.78 is 22.9. The van der Waals surface area contributed by atoms with E-state index in [9.17, 15) is 0 Å². The topological polar surface area (TPSA) is 36.9 Å². The summed E-state index contributed by atoms with van der Waals surface area (Å²) in [6, 6.07) is 0.807. The lowest BCUT2D eigenvalue weighted by atomic mass is 10.4. The van der Waals surface area contributed by atoms with Crippen LogP contribution in [0.25, 0.3) is 0 Å². The van der Waals surface area contributed by atoms with Crippen molar-refractivity contribution in [2.45, 2.75) is 40.2 Å². The molecule has 0 aromatic heterocycles. The molecule has 0 aliphatic heterocycles. The van der Waals surface area contributed by atoms with E-state index in [0.717, 1.165) is 12.5 Å². The van der Waals surface area contributed by atoms with Gasteiger partial charge in [-0.15, -0.1) is 0 Å². The highest BCUT2D eigenvalue weighted by molar-refractivity contribution is 6.60. The van der Waals surface area contributed by atoms with Gasteiger partial charge < -0.3 is 18.0 Å². The Bertz CT molecular complexity index is 250. The molecule has 0 radical (unpaired) electrons. The molecule has 0 aliphatic rings. The van der Waals surface area contributed by atoms with Crippen LogP contribution in [0.5, 0.6) is 0 Å². The molecule has 5 heteroatoms. The minimum Gasteiger partial charge on any atom is -0.377 e. The first-order valence-electron chi connectivity index (χ1n) is 7.52. The minimum atomic E-state index is -2.49. The van der Waals surface area contributed by atoms with E-state index in [1.54, 1.807) is 0 Å². The van der Waals surface area contributed by atoms with Gasteiger partial charge in [0, 0.05) is 32.5 Å². The molecule has 0 unspecified atom stereocenters. The maximum atomic E-state index is 5.79. The van der Waals surface area contributed by atoms with Gasteiger partial charge in [-0.1, -0.05) is 24.3 Å². The van der Waals surface area contributed by atoms with Gasteiger partial charge in [0.25, 0.3) is 0 Å². The van der Waals surface area contributed by atoms with Crippen LogP contribution in [-0.4, -0.2) is 41.8 Å². The molecule has 0 N–H and O–H groups in total. The van der Waals surface area contributed by atoms with E-state index in [-0.39, 0.29) is 0 Å². The summed E-state index contributed by atoms with van der Waals surface area (Å²) in [5.41, 5.74) is 0. The summed E-state index contributed by atoms with van der Waals surface area (Å²) in [7, 11) is -2.49. The molecule has 0 bridgehead atoms. The number of hydrogen-bond donors (Lipinski definition) is 0. The average molecular weight is 302 g/mol. The van der Waals surface area contributed by atoms with Crippen LogP contribution >= 0.6 is 0 Å². The van der Waals surface area contributed by atoms with Gasteiger partial charge in [-0.25, -0.2) is 0 Å². The van der Waals surface area contributed by atoms with E-state index in [0.29, 0.717) is 33.0 Å². The molecule has 0 heterocycles. The largest absolute Gasteiger partial charge is 0.501 e. The number of rotatable bonds is 13. The van der Waals surface area contributed by atoms with E-state index in [1.165, 1.54) is 0 Å². The number of ether oxygens (including phenoxy) is 1. The Kier molecular flexibility index (Phi) is 13.2. The second kappa shape index (κ2) is 13.5. The summed E-state index contributed by atoms with van der Waals surface area (Å²) in [6.45, 7) is 11.1. The van der Waals surface area contributed by atoms with Crippen molar-refractivity contribution >= 4 is 8.80 Å². The Hall–Kier alpha value is -0.463. The van der Waals surface area contributed by atoms with Gasteiger partial charge in [0.05, 0.1) is 6.61 Å². The van der Waals surface area contributed by atoms with Crippen LogP contribution in [0.3, 0.4) is 0 Å². The summed E-state index contributed by atoms with van der Waals surface area (Å²) >= 11 is 0. The van der Waals surface area contributed by atoms with Gasteiger partial charge in [-0.05, 0) is 34.1 Å². The third kappa shape index (κ3) is 9.44. The van der Waals surface area contributed by atoms with E-state index >= 15 is 0 Å². The average Bonchev–Trinajstić information content (AvgIpc) is 2.43. The molecule has 0 aromatic carbocycles. The van der Waals surface area contributed by atoms with Gasteiger partial charge in [-0.2, -0.15) is 0 Å². The Morgan fingerprint density at radius 1 is 0.900 bits per heavy atom. The molecule has 118 valence electrons. The highest BCUT2D eigenvalue weighted by atomic mass is 28.4. The Balaban J connectivity index is 3.99. The predicted molar refractivity (Wildman–Crippen MR) is 84.8 cm³/mol. The molecule has 0 fully saturated rings. The van der Waals surface area contributed by atoms with Crippen LogP contribution in [0.15, 0.2) is 24.3 Å². The monoisotopic (exact) mass is 302 g/mol. The van der Waals surface area contributed by atoms with Gasteiger partial charge >= 0.3 is 8.80 Å². The Morgan fingerprint density at radius 2 is 1.50 bits per heavy atom. The van der Waals surface area contributed by atoms with Crippen LogP contribution in [0.1, 0.15) is 34.1 Å². The Labute approximate surface area is 125 Å². The SMILES string of the molecule is CC=CC=CCOCCC[Si](OCC)(OCC)OCC. The zero-order valence-corrected chi connectivity index (χ0v) is 14.4. The van der Waals surface area contributed by atoms with Crippen molar-refractivity contribution in [3.05, 3.63) is 24.3 Å². The summed E-state index contributed by atoms with van der Waals surface area (Å²) in [5, 5.41) is 0. The van der Waals surface area contributed by atoms with Crippen molar-refractivity contribution in [1.29, 1.82) is 0 Å². The molecule has 20 heavy (non-hydrogen) atoms. The lowest BCUT2D eigenvalue weighted by Crippen LogP contribution is -2.46. The molecule has 0 rings (SSSR count). The van der Waals surface area contributed by atoms with Crippen molar-refractivity contribution in [1.82, 2.24) is 0 Å². The molecule has 0 saturated heterocycles. The van der Waals surface area contributed by atoms with Crippen LogP contribution in [-0.2, 0) is 18.0 Å². The highest BCUT2D eigenvalue weighted by Crippen LogP contribution is 2.18. The minimum absolute atomic E-state index is 0.624. The lowest BCUT2D eigenvalue weighted by molar-refractivity contribution is 0.0672.